The van der Waals surface area contributed by atoms with Crippen molar-refractivity contribution in [2.75, 3.05) is 6.67 Å². The summed E-state index contributed by atoms with van der Waals surface area (Å²) in [4.78, 5) is 0. The molecular weight excluding hydrogens is 124 g/mol. The number of rotatable bonds is 2. The van der Waals surface area contributed by atoms with Crippen LogP contribution in [0, 0.1) is 0 Å². The van der Waals surface area contributed by atoms with Gasteiger partial charge in [-0.3, -0.25) is 0 Å². The third-order valence-electron chi connectivity index (χ3n) is 1.69. The van der Waals surface area contributed by atoms with Gasteiger partial charge in [0.2, 0.25) is 0 Å². The van der Waals surface area contributed by atoms with Crippen molar-refractivity contribution in [2.45, 2.75) is 19.8 Å². The molecule has 0 atom stereocenters. The summed E-state index contributed by atoms with van der Waals surface area (Å²) in [5.41, 5.74) is 8.03. The molecule has 0 saturated heterocycles. The summed E-state index contributed by atoms with van der Waals surface area (Å²) in [6.07, 6.45) is 6.52. The van der Waals surface area contributed by atoms with E-state index in [2.05, 4.69) is 24.4 Å². The molecule has 2 heteroatoms. The Morgan fingerprint density at radius 1 is 1.50 bits per heavy atom. The Morgan fingerprint density at radius 3 is 2.80 bits per heavy atom. The first-order chi connectivity index (χ1) is 4.83. The van der Waals surface area contributed by atoms with Crippen molar-refractivity contribution in [1.82, 2.24) is 5.32 Å². The first kappa shape index (κ1) is 7.35. The van der Waals surface area contributed by atoms with Gasteiger partial charge >= 0.3 is 0 Å². The van der Waals surface area contributed by atoms with Crippen LogP contribution in [0.25, 0.3) is 0 Å². The fourth-order valence-electron chi connectivity index (χ4n) is 1.02. The van der Waals surface area contributed by atoms with Crippen LogP contribution in [0.3, 0.4) is 0 Å². The van der Waals surface area contributed by atoms with Gasteiger partial charge in [0.05, 0.1) is 6.67 Å². The maximum Gasteiger partial charge on any atom is 0.0625 e. The number of hydrogen-bond acceptors (Lipinski definition) is 2. The first-order valence-electron chi connectivity index (χ1n) is 3.63. The van der Waals surface area contributed by atoms with Crippen molar-refractivity contribution in [3.63, 3.8) is 0 Å². The smallest absolute Gasteiger partial charge is 0.0625 e. The van der Waals surface area contributed by atoms with Crippen LogP contribution >= 0.6 is 0 Å². The van der Waals surface area contributed by atoms with Gasteiger partial charge < -0.3 is 11.1 Å². The summed E-state index contributed by atoms with van der Waals surface area (Å²) < 4.78 is 0. The van der Waals surface area contributed by atoms with Crippen molar-refractivity contribution in [2.24, 2.45) is 5.73 Å². The summed E-state index contributed by atoms with van der Waals surface area (Å²) in [6.45, 7) is 2.69. The Balaban J connectivity index is 2.47. The number of nitrogens with two attached hydrogens (primary N) is 1. The highest BCUT2D eigenvalue weighted by Crippen LogP contribution is 2.14. The lowest BCUT2D eigenvalue weighted by atomic mass is 10.0. The van der Waals surface area contributed by atoms with Crippen LogP contribution in [0.15, 0.2) is 23.4 Å². The highest BCUT2D eigenvalue weighted by atomic mass is 15.0. The molecule has 0 fully saturated rings. The molecule has 1 aliphatic rings. The minimum atomic E-state index is 0.540. The molecule has 0 aliphatic heterocycles. The summed E-state index contributed by atoms with van der Waals surface area (Å²) in [7, 11) is 0. The van der Waals surface area contributed by atoms with Crippen LogP contribution in [0.1, 0.15) is 19.8 Å². The van der Waals surface area contributed by atoms with Gasteiger partial charge in [0.1, 0.15) is 0 Å². The minimum absolute atomic E-state index is 0.540. The third-order valence-corrected chi connectivity index (χ3v) is 1.69. The Labute approximate surface area is 61.8 Å². The van der Waals surface area contributed by atoms with Crippen molar-refractivity contribution < 1.29 is 0 Å². The molecule has 1 aliphatic carbocycles. The van der Waals surface area contributed by atoms with Crippen LogP contribution in [-0.2, 0) is 0 Å². The van der Waals surface area contributed by atoms with Gasteiger partial charge in [-0.15, -0.1) is 0 Å². The Bertz CT molecular complexity index is 164. The molecule has 2 nitrogen and oxygen atoms in total. The number of hydrogen-bond donors (Lipinski definition) is 2. The van der Waals surface area contributed by atoms with E-state index in [1.165, 1.54) is 17.7 Å². The maximum absolute atomic E-state index is 5.32. The maximum atomic E-state index is 5.32. The lowest BCUT2D eigenvalue weighted by Crippen LogP contribution is -2.22. The predicted molar refractivity (Wildman–Crippen MR) is 43.3 cm³/mol. The standard InChI is InChI=1S/C8H14N2/c1-7-2-4-8(5-3-7)10-6-9/h2,4,10H,3,5-6,9H2,1H3. The van der Waals surface area contributed by atoms with Crippen molar-refractivity contribution in [3.05, 3.63) is 23.4 Å². The highest BCUT2D eigenvalue weighted by molar-refractivity contribution is 5.21. The van der Waals surface area contributed by atoms with Gasteiger partial charge in [0.25, 0.3) is 0 Å². The fraction of sp³-hybridized carbons (Fsp3) is 0.500. The van der Waals surface area contributed by atoms with Crippen molar-refractivity contribution >= 4 is 0 Å². The largest absolute Gasteiger partial charge is 0.376 e. The predicted octanol–water partition coefficient (Wildman–Crippen LogP) is 1.12. The van der Waals surface area contributed by atoms with E-state index in [0.717, 1.165) is 6.42 Å². The molecule has 56 valence electrons. The van der Waals surface area contributed by atoms with E-state index in [1.807, 2.05) is 0 Å². The molecule has 0 aromatic carbocycles. The first-order valence-corrected chi connectivity index (χ1v) is 3.63. The van der Waals surface area contributed by atoms with E-state index < -0.39 is 0 Å². The SMILES string of the molecule is CC1=CC=C(NCN)CC1. The van der Waals surface area contributed by atoms with E-state index >= 15 is 0 Å². The van der Waals surface area contributed by atoms with E-state index in [4.69, 9.17) is 5.73 Å². The molecule has 0 amide bonds. The molecule has 0 unspecified atom stereocenters. The average molecular weight is 138 g/mol. The summed E-state index contributed by atoms with van der Waals surface area (Å²) in [5, 5.41) is 3.10. The zero-order chi connectivity index (χ0) is 7.40. The molecule has 0 bridgehead atoms. The Kier molecular flexibility index (Phi) is 2.51. The molecule has 0 saturated carbocycles. The highest BCUT2D eigenvalue weighted by Gasteiger charge is 2.00. The van der Waals surface area contributed by atoms with E-state index in [0.29, 0.717) is 6.67 Å². The fourth-order valence-corrected chi connectivity index (χ4v) is 1.02. The van der Waals surface area contributed by atoms with E-state index in [1.54, 1.807) is 0 Å². The van der Waals surface area contributed by atoms with E-state index in [-0.39, 0.29) is 0 Å². The quantitative estimate of drug-likeness (QED) is 0.561. The third kappa shape index (κ3) is 1.88. The zero-order valence-corrected chi connectivity index (χ0v) is 6.35. The minimum Gasteiger partial charge on any atom is -0.376 e. The lowest BCUT2D eigenvalue weighted by molar-refractivity contribution is 0.746. The summed E-state index contributed by atoms with van der Waals surface area (Å²) >= 11 is 0. The van der Waals surface area contributed by atoms with Gasteiger partial charge in [0.15, 0.2) is 0 Å². The molecule has 0 spiro atoms. The molecule has 0 heterocycles. The molecule has 3 N–H and O–H groups in total. The van der Waals surface area contributed by atoms with Crippen LogP contribution in [-0.4, -0.2) is 6.67 Å². The topological polar surface area (TPSA) is 38.0 Å². The van der Waals surface area contributed by atoms with Gasteiger partial charge in [-0.1, -0.05) is 11.6 Å². The summed E-state index contributed by atoms with van der Waals surface area (Å²) in [6, 6.07) is 0. The van der Waals surface area contributed by atoms with Crippen LogP contribution < -0.4 is 11.1 Å². The van der Waals surface area contributed by atoms with Crippen LogP contribution in [0.2, 0.25) is 0 Å². The number of nitrogens with one attached hydrogen (secondary N) is 1. The molecule has 0 aromatic rings. The second-order valence-electron chi connectivity index (χ2n) is 2.59. The summed E-state index contributed by atoms with van der Waals surface area (Å²) in [5.74, 6) is 0. The molecule has 1 rings (SSSR count). The lowest BCUT2D eigenvalue weighted by Gasteiger charge is -2.12. The Morgan fingerprint density at radius 2 is 2.30 bits per heavy atom. The van der Waals surface area contributed by atoms with Gasteiger partial charge in [-0.05, 0) is 25.8 Å². The van der Waals surface area contributed by atoms with Gasteiger partial charge in [-0.2, -0.15) is 0 Å². The van der Waals surface area contributed by atoms with E-state index in [9.17, 15) is 0 Å². The molecule has 0 radical (unpaired) electrons. The van der Waals surface area contributed by atoms with Crippen LogP contribution in [0.5, 0.6) is 0 Å². The molecule has 0 aromatic heterocycles. The van der Waals surface area contributed by atoms with Gasteiger partial charge in [-0.25, -0.2) is 0 Å². The average Bonchev–Trinajstić information content (AvgIpc) is 1.95. The van der Waals surface area contributed by atoms with Crippen molar-refractivity contribution in [3.8, 4) is 0 Å². The van der Waals surface area contributed by atoms with Gasteiger partial charge in [0, 0.05) is 5.70 Å². The zero-order valence-electron chi connectivity index (χ0n) is 6.35. The second-order valence-corrected chi connectivity index (χ2v) is 2.59. The van der Waals surface area contributed by atoms with Crippen LogP contribution in [0.4, 0.5) is 0 Å². The monoisotopic (exact) mass is 138 g/mol. The number of allylic oxidation sites excluding steroid dienone is 4. The second kappa shape index (κ2) is 3.42. The molecule has 10 heavy (non-hydrogen) atoms. The normalized spacial score (nSPS) is 17.8. The van der Waals surface area contributed by atoms with Crippen molar-refractivity contribution in [1.29, 1.82) is 0 Å². The molecular formula is C8H14N2. The Hall–Kier alpha value is -0.760.